The standard InChI is InChI=1S/C64H65N3O4.C2H6/c1-7-38-66-60-17-11-9-15-58(60)63(40-49-19-28-54(29-20-49)45(3)68,41-50-21-30-55(31-22-50)46(4)69)37-13-14-53(44-65)27-36-62-64(42-51-23-32-56(33-24-51)47(5)70,43-52-25-34-57(35-26-52)48(6)71)59-16-10-12-18-61(59)67(62)39-8-2;1-2/h9-36,66H,7-8,37-43H2,1-6H3;1-2H3/p+1/b14-13+,53-27-,62-36+;. The SMILES string of the molecule is CC.CCC[NH2+]c1ccccc1C(C/C=C/C(C#N)=C/C=C1/N(CCC)c2ccccc2C1(Cc1ccc(C(C)=O)cc1)Cc1ccc(C(C)=O)cc1)(Cc1ccc(C(C)=O)cc1)Cc1ccc(C(C)=O)cc1. The minimum atomic E-state index is -0.578. The van der Waals surface area contributed by atoms with Crippen LogP contribution in [0.5, 0.6) is 0 Å². The van der Waals surface area contributed by atoms with Crippen molar-refractivity contribution in [2.24, 2.45) is 0 Å². The third-order valence-electron chi connectivity index (χ3n) is 14.0. The van der Waals surface area contributed by atoms with E-state index >= 15 is 0 Å². The maximum absolute atomic E-state index is 12.4. The summed E-state index contributed by atoms with van der Waals surface area (Å²) >= 11 is 0. The molecule has 0 amide bonds. The molecule has 0 atom stereocenters. The van der Waals surface area contributed by atoms with E-state index in [4.69, 9.17) is 0 Å². The Morgan fingerprint density at radius 1 is 0.603 bits per heavy atom. The number of carbonyl (C=O) groups is 4. The zero-order valence-electron chi connectivity index (χ0n) is 44.1. The minimum absolute atomic E-state index is 0.0166. The summed E-state index contributed by atoms with van der Waals surface area (Å²) < 4.78 is 0. The molecule has 0 radical (unpaired) electrons. The molecule has 0 unspecified atom stereocenters. The molecule has 374 valence electrons. The highest BCUT2D eigenvalue weighted by Crippen LogP contribution is 2.52. The van der Waals surface area contributed by atoms with Crippen molar-refractivity contribution in [2.75, 3.05) is 18.0 Å². The Morgan fingerprint density at radius 2 is 1.05 bits per heavy atom. The van der Waals surface area contributed by atoms with Gasteiger partial charge in [-0.1, -0.05) is 167 Å². The summed E-state index contributed by atoms with van der Waals surface area (Å²) in [5, 5.41) is 13.3. The summed E-state index contributed by atoms with van der Waals surface area (Å²) in [6, 6.07) is 51.4. The van der Waals surface area contributed by atoms with Crippen molar-refractivity contribution < 1.29 is 24.5 Å². The number of fused-ring (bicyclic) bond motifs is 1. The van der Waals surface area contributed by atoms with Gasteiger partial charge in [0, 0.05) is 56.6 Å². The van der Waals surface area contributed by atoms with Crippen LogP contribution in [0.4, 0.5) is 11.4 Å². The zero-order valence-corrected chi connectivity index (χ0v) is 44.1. The van der Waals surface area contributed by atoms with Crippen molar-refractivity contribution in [3.8, 4) is 6.07 Å². The van der Waals surface area contributed by atoms with Gasteiger partial charge >= 0.3 is 0 Å². The van der Waals surface area contributed by atoms with Crippen molar-refractivity contribution in [1.82, 2.24) is 0 Å². The first-order valence-electron chi connectivity index (χ1n) is 26.0. The Balaban J connectivity index is 0.00000429. The maximum atomic E-state index is 12.4. The normalized spacial score (nSPS) is 13.5. The molecule has 7 rings (SSSR count). The van der Waals surface area contributed by atoms with Gasteiger partial charge in [0.25, 0.3) is 0 Å². The number of Topliss-reactive ketones (excluding diaryl/α,β-unsaturated/α-hetero) is 4. The average molecular weight is 971 g/mol. The summed E-state index contributed by atoms with van der Waals surface area (Å²) in [5.74, 6) is 0.0698. The molecule has 0 spiro atoms. The van der Waals surface area contributed by atoms with Gasteiger partial charge in [-0.15, -0.1) is 0 Å². The Kier molecular flexibility index (Phi) is 19.3. The van der Waals surface area contributed by atoms with Gasteiger partial charge in [0.2, 0.25) is 0 Å². The van der Waals surface area contributed by atoms with E-state index in [1.807, 2.05) is 74.5 Å². The lowest BCUT2D eigenvalue weighted by atomic mass is 9.68. The van der Waals surface area contributed by atoms with Gasteiger partial charge in [-0.05, 0) is 131 Å². The van der Waals surface area contributed by atoms with Crippen LogP contribution in [-0.4, -0.2) is 36.2 Å². The molecule has 0 saturated carbocycles. The summed E-state index contributed by atoms with van der Waals surface area (Å²) in [6.07, 6.45) is 13.3. The van der Waals surface area contributed by atoms with Gasteiger partial charge < -0.3 is 10.2 Å². The molecule has 7 heteroatoms. The first kappa shape index (κ1) is 54.8. The van der Waals surface area contributed by atoms with E-state index in [2.05, 4.69) is 139 Å². The number of para-hydroxylation sites is 2. The molecule has 0 fully saturated rings. The van der Waals surface area contributed by atoms with Crippen LogP contribution in [0.15, 0.2) is 181 Å². The van der Waals surface area contributed by atoms with E-state index < -0.39 is 10.8 Å². The van der Waals surface area contributed by atoms with E-state index in [0.717, 1.165) is 59.6 Å². The number of nitrogens with zero attached hydrogens (tertiary/aromatic N) is 2. The van der Waals surface area contributed by atoms with Crippen LogP contribution in [0, 0.1) is 11.3 Å². The molecule has 0 saturated heterocycles. The zero-order chi connectivity index (χ0) is 52.5. The first-order valence-corrected chi connectivity index (χ1v) is 26.0. The molecule has 73 heavy (non-hydrogen) atoms. The van der Waals surface area contributed by atoms with Crippen molar-refractivity contribution in [1.29, 1.82) is 5.26 Å². The number of carbonyl (C=O) groups excluding carboxylic acids is 4. The Hall–Kier alpha value is -7.53. The van der Waals surface area contributed by atoms with Crippen LogP contribution in [0.1, 0.15) is 149 Å². The quantitative estimate of drug-likeness (QED) is 0.0314. The van der Waals surface area contributed by atoms with Crippen LogP contribution in [0.25, 0.3) is 0 Å². The highest BCUT2D eigenvalue weighted by molar-refractivity contribution is 5.95. The second-order valence-corrected chi connectivity index (χ2v) is 19.2. The second-order valence-electron chi connectivity index (χ2n) is 19.2. The molecule has 7 nitrogen and oxygen atoms in total. The van der Waals surface area contributed by atoms with Crippen LogP contribution in [0.3, 0.4) is 0 Å². The topological polar surface area (TPSA) is 112 Å². The fourth-order valence-electron chi connectivity index (χ4n) is 10.4. The monoisotopic (exact) mass is 971 g/mol. The molecular weight excluding hydrogens is 899 g/mol. The highest BCUT2D eigenvalue weighted by atomic mass is 16.1. The molecule has 0 aliphatic carbocycles. The fourth-order valence-corrected chi connectivity index (χ4v) is 10.4. The molecule has 1 aliphatic rings. The number of ketones is 4. The molecule has 0 bridgehead atoms. The number of allylic oxidation sites excluding steroid dienone is 6. The molecule has 0 aromatic heterocycles. The van der Waals surface area contributed by atoms with Gasteiger partial charge in [-0.2, -0.15) is 5.26 Å². The van der Waals surface area contributed by atoms with E-state index in [1.54, 1.807) is 27.7 Å². The average Bonchev–Trinajstić information content (AvgIpc) is 3.64. The minimum Gasteiger partial charge on any atom is -0.344 e. The molecule has 6 aromatic carbocycles. The molecule has 6 aromatic rings. The van der Waals surface area contributed by atoms with E-state index in [-0.39, 0.29) is 23.1 Å². The smallest absolute Gasteiger partial charge is 0.159 e. The van der Waals surface area contributed by atoms with Gasteiger partial charge in [0.05, 0.1) is 18.2 Å². The summed E-state index contributed by atoms with van der Waals surface area (Å²) in [5.41, 5.74) is 12.2. The Labute approximate surface area is 434 Å². The third-order valence-corrected chi connectivity index (χ3v) is 14.0. The van der Waals surface area contributed by atoms with Crippen LogP contribution in [0.2, 0.25) is 0 Å². The summed E-state index contributed by atoms with van der Waals surface area (Å²) in [6.45, 7) is 16.4. The number of quaternary nitrogens is 1. The van der Waals surface area contributed by atoms with Gasteiger partial charge in [-0.3, -0.25) is 19.2 Å². The predicted molar refractivity (Wildman–Crippen MR) is 298 cm³/mol. The lowest BCUT2D eigenvalue weighted by Crippen LogP contribution is -2.78. The largest absolute Gasteiger partial charge is 0.344 e. The number of anilines is 1. The van der Waals surface area contributed by atoms with E-state index in [0.29, 0.717) is 59.9 Å². The Bertz CT molecular complexity index is 2890. The number of hydrogen-bond acceptors (Lipinski definition) is 6. The number of rotatable bonds is 22. The van der Waals surface area contributed by atoms with Gasteiger partial charge in [0.15, 0.2) is 23.1 Å². The van der Waals surface area contributed by atoms with Gasteiger partial charge in [0.1, 0.15) is 5.69 Å². The lowest BCUT2D eigenvalue weighted by molar-refractivity contribution is -0.572. The van der Waals surface area contributed by atoms with Crippen molar-refractivity contribution in [3.05, 3.63) is 237 Å². The maximum Gasteiger partial charge on any atom is 0.159 e. The number of nitrogens with two attached hydrogens (primary N) is 1. The van der Waals surface area contributed by atoms with Crippen molar-refractivity contribution >= 4 is 34.5 Å². The molecular formula is C66H72N3O4+. The highest BCUT2D eigenvalue weighted by Gasteiger charge is 2.47. The molecule has 2 N–H and O–H groups in total. The lowest BCUT2D eigenvalue weighted by Gasteiger charge is -2.35. The van der Waals surface area contributed by atoms with Crippen molar-refractivity contribution in [2.45, 2.75) is 111 Å². The summed E-state index contributed by atoms with van der Waals surface area (Å²) in [4.78, 5) is 51.9. The van der Waals surface area contributed by atoms with Crippen LogP contribution >= 0.6 is 0 Å². The van der Waals surface area contributed by atoms with E-state index in [1.165, 1.54) is 16.8 Å². The van der Waals surface area contributed by atoms with Crippen molar-refractivity contribution in [3.63, 3.8) is 0 Å². The second kappa shape index (κ2) is 25.7. The third kappa shape index (κ3) is 13.3. The van der Waals surface area contributed by atoms with E-state index in [9.17, 15) is 24.4 Å². The molecule has 1 aliphatic heterocycles. The molecule has 1 heterocycles. The predicted octanol–water partition coefficient (Wildman–Crippen LogP) is 13.8. The number of nitriles is 1. The number of hydrogen-bond donors (Lipinski definition) is 1. The first-order chi connectivity index (χ1) is 35.3. The van der Waals surface area contributed by atoms with Crippen LogP contribution in [-0.2, 0) is 36.5 Å². The van der Waals surface area contributed by atoms with Gasteiger partial charge in [-0.25, -0.2) is 0 Å². The number of benzene rings is 6. The van der Waals surface area contributed by atoms with Crippen LogP contribution < -0.4 is 10.2 Å². The Morgan fingerprint density at radius 3 is 1.51 bits per heavy atom. The summed E-state index contributed by atoms with van der Waals surface area (Å²) in [7, 11) is 0. The fraction of sp³-hybridized carbons (Fsp3) is 0.288.